The van der Waals surface area contributed by atoms with Crippen LogP contribution in [-0.4, -0.2) is 44.7 Å². The molecular weight excluding hydrogens is 412 g/mol. The summed E-state index contributed by atoms with van der Waals surface area (Å²) in [4.78, 5) is 2.36. The van der Waals surface area contributed by atoms with E-state index in [0.717, 1.165) is 55.7 Å². The van der Waals surface area contributed by atoms with Gasteiger partial charge in [-0.05, 0) is 75.3 Å². The Bertz CT molecular complexity index is 1110. The van der Waals surface area contributed by atoms with Gasteiger partial charge in [0.15, 0.2) is 5.58 Å². The number of rotatable bonds is 7. The van der Waals surface area contributed by atoms with Crippen molar-refractivity contribution >= 4 is 21.0 Å². The molecule has 1 aliphatic heterocycles. The molecule has 0 aliphatic carbocycles. The molecule has 0 bridgehead atoms. The van der Waals surface area contributed by atoms with Crippen molar-refractivity contribution in [3.8, 4) is 0 Å². The molecule has 0 amide bonds. The van der Waals surface area contributed by atoms with Crippen molar-refractivity contribution in [3.63, 3.8) is 0 Å². The van der Waals surface area contributed by atoms with Crippen LogP contribution < -0.4 is 4.72 Å². The monoisotopic (exact) mass is 435 g/mol. The number of hydrogen-bond donors (Lipinski definition) is 1. The predicted molar refractivity (Wildman–Crippen MR) is 109 cm³/mol. The van der Waals surface area contributed by atoms with E-state index in [0.29, 0.717) is 18.5 Å². The summed E-state index contributed by atoms with van der Waals surface area (Å²) in [6.07, 6.45) is 2.51. The summed E-state index contributed by atoms with van der Waals surface area (Å²) in [5, 5.41) is 5.03. The fourth-order valence-electron chi connectivity index (χ4n) is 3.86. The quantitative estimate of drug-likeness (QED) is 0.574. The van der Waals surface area contributed by atoms with E-state index in [1.807, 2.05) is 0 Å². The fraction of sp³-hybridized carbons (Fsp3) is 0.381. The summed E-state index contributed by atoms with van der Waals surface area (Å²) < 4.78 is 58.5. The SMILES string of the molecule is O=S(=O)(NCCCN1CCC(c2noc3cc(F)ccc23)CC1)c1ccc(F)cc1. The van der Waals surface area contributed by atoms with Crippen LogP contribution in [0.25, 0.3) is 11.0 Å². The number of benzene rings is 2. The summed E-state index contributed by atoms with van der Waals surface area (Å²) in [6, 6.07) is 9.27. The second-order valence-corrected chi connectivity index (χ2v) is 9.30. The van der Waals surface area contributed by atoms with Gasteiger partial charge in [0.25, 0.3) is 0 Å². The Morgan fingerprint density at radius 2 is 1.77 bits per heavy atom. The maximum atomic E-state index is 13.3. The number of halogens is 2. The Balaban J connectivity index is 1.24. The van der Waals surface area contributed by atoms with E-state index in [1.165, 1.54) is 24.3 Å². The van der Waals surface area contributed by atoms with Crippen LogP contribution in [0.4, 0.5) is 8.78 Å². The number of hydrogen-bond acceptors (Lipinski definition) is 5. The Kier molecular flexibility index (Phi) is 6.12. The molecule has 9 heteroatoms. The molecule has 3 aromatic rings. The highest BCUT2D eigenvalue weighted by Crippen LogP contribution is 2.32. The smallest absolute Gasteiger partial charge is 0.240 e. The number of piperidine rings is 1. The Morgan fingerprint density at radius 1 is 1.07 bits per heavy atom. The van der Waals surface area contributed by atoms with Crippen molar-refractivity contribution in [1.29, 1.82) is 0 Å². The lowest BCUT2D eigenvalue weighted by molar-refractivity contribution is 0.208. The molecule has 1 fully saturated rings. The van der Waals surface area contributed by atoms with Gasteiger partial charge in [-0.15, -0.1) is 0 Å². The van der Waals surface area contributed by atoms with Crippen LogP contribution in [0.2, 0.25) is 0 Å². The Hall–Kier alpha value is -2.36. The maximum absolute atomic E-state index is 13.3. The predicted octanol–water partition coefficient (Wildman–Crippen LogP) is 3.65. The summed E-state index contributed by atoms with van der Waals surface area (Å²) in [7, 11) is -3.62. The standard InChI is InChI=1S/C21H23F2N3O3S/c22-16-2-5-18(6-3-16)30(27,28)24-10-1-11-26-12-8-15(9-13-26)21-19-7-4-17(23)14-20(19)29-25-21/h2-7,14-15,24H,1,8-13H2. The van der Waals surface area contributed by atoms with Crippen LogP contribution in [0.1, 0.15) is 30.9 Å². The molecule has 160 valence electrons. The van der Waals surface area contributed by atoms with Gasteiger partial charge >= 0.3 is 0 Å². The molecule has 1 saturated heterocycles. The summed E-state index contributed by atoms with van der Waals surface area (Å²) >= 11 is 0. The highest BCUT2D eigenvalue weighted by molar-refractivity contribution is 7.89. The third-order valence-corrected chi connectivity index (χ3v) is 6.98. The van der Waals surface area contributed by atoms with E-state index in [1.54, 1.807) is 6.07 Å². The summed E-state index contributed by atoms with van der Waals surface area (Å²) in [5.41, 5.74) is 1.36. The molecule has 0 radical (unpaired) electrons. The summed E-state index contributed by atoms with van der Waals surface area (Å²) in [6.45, 7) is 2.86. The molecule has 0 unspecified atom stereocenters. The number of nitrogens with zero attached hydrogens (tertiary/aromatic N) is 2. The van der Waals surface area contributed by atoms with Gasteiger partial charge < -0.3 is 9.42 Å². The van der Waals surface area contributed by atoms with Crippen LogP contribution in [0.3, 0.4) is 0 Å². The zero-order valence-corrected chi connectivity index (χ0v) is 17.2. The van der Waals surface area contributed by atoms with Crippen molar-refractivity contribution in [1.82, 2.24) is 14.8 Å². The lowest BCUT2D eigenvalue weighted by atomic mass is 9.91. The van der Waals surface area contributed by atoms with Crippen LogP contribution in [0, 0.1) is 11.6 Å². The molecule has 2 aromatic carbocycles. The molecule has 30 heavy (non-hydrogen) atoms. The van der Waals surface area contributed by atoms with Crippen molar-refractivity contribution in [2.45, 2.75) is 30.1 Å². The first-order valence-corrected chi connectivity index (χ1v) is 11.4. The lowest BCUT2D eigenvalue weighted by Crippen LogP contribution is -2.35. The molecule has 1 aromatic heterocycles. The minimum atomic E-state index is -3.62. The van der Waals surface area contributed by atoms with Crippen LogP contribution in [0.5, 0.6) is 0 Å². The van der Waals surface area contributed by atoms with E-state index in [2.05, 4.69) is 14.8 Å². The largest absolute Gasteiger partial charge is 0.356 e. The van der Waals surface area contributed by atoms with Gasteiger partial charge in [0, 0.05) is 23.9 Å². The third kappa shape index (κ3) is 4.69. The maximum Gasteiger partial charge on any atom is 0.240 e. The minimum Gasteiger partial charge on any atom is -0.356 e. The highest BCUT2D eigenvalue weighted by atomic mass is 32.2. The topological polar surface area (TPSA) is 75.4 Å². The first-order chi connectivity index (χ1) is 14.4. The number of fused-ring (bicyclic) bond motifs is 1. The average Bonchev–Trinajstić information content (AvgIpc) is 3.15. The van der Waals surface area contributed by atoms with E-state index < -0.39 is 15.8 Å². The van der Waals surface area contributed by atoms with E-state index in [-0.39, 0.29) is 16.6 Å². The Morgan fingerprint density at radius 3 is 2.50 bits per heavy atom. The first kappa shape index (κ1) is 20.9. The normalized spacial score (nSPS) is 16.3. The molecule has 1 N–H and O–H groups in total. The number of aromatic nitrogens is 1. The minimum absolute atomic E-state index is 0.0597. The van der Waals surface area contributed by atoms with Crippen LogP contribution in [-0.2, 0) is 10.0 Å². The average molecular weight is 435 g/mol. The van der Waals surface area contributed by atoms with Gasteiger partial charge in [-0.25, -0.2) is 21.9 Å². The first-order valence-electron chi connectivity index (χ1n) is 9.95. The van der Waals surface area contributed by atoms with E-state index in [9.17, 15) is 17.2 Å². The molecule has 0 saturated carbocycles. The molecular formula is C21H23F2N3O3S. The molecule has 0 atom stereocenters. The van der Waals surface area contributed by atoms with Gasteiger partial charge in [-0.2, -0.15) is 0 Å². The number of sulfonamides is 1. The molecule has 4 rings (SSSR count). The van der Waals surface area contributed by atoms with Gasteiger partial charge in [0.05, 0.1) is 10.6 Å². The number of likely N-dealkylation sites (tertiary alicyclic amines) is 1. The van der Waals surface area contributed by atoms with Gasteiger partial charge in [-0.1, -0.05) is 5.16 Å². The Labute approximate surface area is 173 Å². The second-order valence-electron chi connectivity index (χ2n) is 7.53. The molecule has 1 aliphatic rings. The second kappa shape index (κ2) is 8.79. The number of nitrogens with one attached hydrogen (secondary N) is 1. The lowest BCUT2D eigenvalue weighted by Gasteiger charge is -2.31. The highest BCUT2D eigenvalue weighted by Gasteiger charge is 2.25. The van der Waals surface area contributed by atoms with Gasteiger partial charge in [0.2, 0.25) is 10.0 Å². The zero-order chi connectivity index (χ0) is 21.1. The van der Waals surface area contributed by atoms with Gasteiger partial charge in [0.1, 0.15) is 11.6 Å². The van der Waals surface area contributed by atoms with Crippen LogP contribution in [0.15, 0.2) is 51.9 Å². The van der Waals surface area contributed by atoms with Crippen molar-refractivity contribution < 1.29 is 21.7 Å². The fourth-order valence-corrected chi connectivity index (χ4v) is 4.94. The molecule has 6 nitrogen and oxygen atoms in total. The van der Waals surface area contributed by atoms with Crippen molar-refractivity contribution in [2.24, 2.45) is 0 Å². The third-order valence-electron chi connectivity index (χ3n) is 5.50. The zero-order valence-electron chi connectivity index (χ0n) is 16.4. The van der Waals surface area contributed by atoms with Crippen LogP contribution >= 0.6 is 0 Å². The summed E-state index contributed by atoms with van der Waals surface area (Å²) in [5.74, 6) is -0.539. The van der Waals surface area contributed by atoms with Gasteiger partial charge in [-0.3, -0.25) is 0 Å². The van der Waals surface area contributed by atoms with E-state index >= 15 is 0 Å². The van der Waals surface area contributed by atoms with E-state index in [4.69, 9.17) is 4.52 Å². The van der Waals surface area contributed by atoms with Crippen molar-refractivity contribution in [2.75, 3.05) is 26.2 Å². The molecule has 0 spiro atoms. The molecule has 2 heterocycles. The van der Waals surface area contributed by atoms with Crippen molar-refractivity contribution in [3.05, 3.63) is 59.8 Å².